The van der Waals surface area contributed by atoms with Gasteiger partial charge in [0.15, 0.2) is 5.96 Å². The number of hydrogen-bond donors (Lipinski definition) is 2. The summed E-state index contributed by atoms with van der Waals surface area (Å²) in [6, 6.07) is 4.25. The van der Waals surface area contributed by atoms with Crippen molar-refractivity contribution in [3.63, 3.8) is 0 Å². The highest BCUT2D eigenvalue weighted by molar-refractivity contribution is 14.0. The number of guanidine groups is 1. The zero-order valence-corrected chi connectivity index (χ0v) is 17.8. The van der Waals surface area contributed by atoms with Crippen molar-refractivity contribution in [2.75, 3.05) is 45.3 Å². The molecule has 0 aliphatic carbocycles. The first-order valence-corrected chi connectivity index (χ1v) is 8.97. The van der Waals surface area contributed by atoms with Crippen LogP contribution >= 0.6 is 24.0 Å². The molecule has 0 aromatic carbocycles. The third-order valence-corrected chi connectivity index (χ3v) is 4.24. The van der Waals surface area contributed by atoms with Gasteiger partial charge in [-0.1, -0.05) is 12.8 Å². The van der Waals surface area contributed by atoms with Crippen LogP contribution in [-0.2, 0) is 11.3 Å². The maximum Gasteiger partial charge on any atom is 0.191 e. The smallest absolute Gasteiger partial charge is 0.191 e. The molecule has 1 aliphatic heterocycles. The van der Waals surface area contributed by atoms with Crippen LogP contribution in [0.3, 0.4) is 0 Å². The Balaban J connectivity index is 0.00000312. The number of methoxy groups -OCH3 is 1. The normalized spacial score (nSPS) is 15.3. The van der Waals surface area contributed by atoms with E-state index in [2.05, 4.69) is 37.6 Å². The van der Waals surface area contributed by atoms with Gasteiger partial charge in [0.25, 0.3) is 0 Å². The maximum atomic E-state index is 5.05. The third-order valence-electron chi connectivity index (χ3n) is 4.24. The topological polar surface area (TPSA) is 61.8 Å². The molecule has 0 bridgehead atoms. The summed E-state index contributed by atoms with van der Waals surface area (Å²) in [5, 5.41) is 6.65. The summed E-state index contributed by atoms with van der Waals surface area (Å²) in [4.78, 5) is 11.2. The second kappa shape index (κ2) is 13.2. The highest BCUT2D eigenvalue weighted by Crippen LogP contribution is 2.18. The van der Waals surface area contributed by atoms with Crippen molar-refractivity contribution in [3.05, 3.63) is 23.9 Å². The van der Waals surface area contributed by atoms with E-state index >= 15 is 0 Å². The van der Waals surface area contributed by atoms with E-state index in [0.29, 0.717) is 0 Å². The first kappa shape index (κ1) is 22.0. The summed E-state index contributed by atoms with van der Waals surface area (Å²) >= 11 is 0. The number of rotatable bonds is 7. The number of ether oxygens (including phenoxy) is 1. The quantitative estimate of drug-likeness (QED) is 0.283. The molecule has 142 valence electrons. The summed E-state index contributed by atoms with van der Waals surface area (Å²) in [5.74, 6) is 1.92. The number of pyridine rings is 1. The Morgan fingerprint density at radius 3 is 2.68 bits per heavy atom. The number of nitrogens with one attached hydrogen (secondary N) is 2. The standard InChI is InChI=1S/C18H31N5O.HI/c1-19-18(21-9-7-13-24-2)22-15-16-8-10-20-17(14-16)23-11-5-3-4-6-12-23;/h8,10,14H,3-7,9,11-13,15H2,1-2H3,(H2,19,21,22);1H. The molecule has 25 heavy (non-hydrogen) atoms. The molecule has 1 aliphatic rings. The molecule has 0 spiro atoms. The zero-order valence-electron chi connectivity index (χ0n) is 15.5. The van der Waals surface area contributed by atoms with E-state index in [1.54, 1.807) is 14.2 Å². The van der Waals surface area contributed by atoms with Crippen molar-refractivity contribution < 1.29 is 4.74 Å². The Bertz CT molecular complexity index is 504. The molecule has 0 atom stereocenters. The Kier molecular flexibility index (Phi) is 11.6. The fraction of sp³-hybridized carbons (Fsp3) is 0.667. The minimum absolute atomic E-state index is 0. The van der Waals surface area contributed by atoms with Crippen molar-refractivity contribution >= 4 is 35.8 Å². The average Bonchev–Trinajstić information content (AvgIpc) is 2.91. The van der Waals surface area contributed by atoms with Gasteiger partial charge in [0, 0.05) is 53.1 Å². The van der Waals surface area contributed by atoms with Crippen molar-refractivity contribution in [1.82, 2.24) is 15.6 Å². The molecule has 0 radical (unpaired) electrons. The minimum atomic E-state index is 0. The highest BCUT2D eigenvalue weighted by Gasteiger charge is 2.11. The van der Waals surface area contributed by atoms with Crippen LogP contribution in [0.4, 0.5) is 5.82 Å². The van der Waals surface area contributed by atoms with Gasteiger partial charge >= 0.3 is 0 Å². The van der Waals surface area contributed by atoms with Gasteiger partial charge in [0.1, 0.15) is 5.82 Å². The Morgan fingerprint density at radius 2 is 2.00 bits per heavy atom. The number of nitrogens with zero attached hydrogens (tertiary/aromatic N) is 3. The second-order valence-electron chi connectivity index (χ2n) is 6.12. The summed E-state index contributed by atoms with van der Waals surface area (Å²) < 4.78 is 5.05. The number of anilines is 1. The zero-order chi connectivity index (χ0) is 17.0. The molecule has 0 saturated carbocycles. The van der Waals surface area contributed by atoms with Gasteiger partial charge in [-0.25, -0.2) is 4.98 Å². The van der Waals surface area contributed by atoms with Crippen molar-refractivity contribution in [2.45, 2.75) is 38.6 Å². The summed E-state index contributed by atoms with van der Waals surface area (Å²) in [7, 11) is 3.51. The summed E-state index contributed by atoms with van der Waals surface area (Å²) in [6.45, 7) is 4.59. The van der Waals surface area contributed by atoms with Gasteiger partial charge in [-0.05, 0) is 37.0 Å². The van der Waals surface area contributed by atoms with E-state index in [1.165, 1.54) is 31.2 Å². The Hall–Kier alpha value is -1.09. The second-order valence-corrected chi connectivity index (χ2v) is 6.12. The van der Waals surface area contributed by atoms with Crippen LogP contribution in [0.25, 0.3) is 0 Å². The lowest BCUT2D eigenvalue weighted by atomic mass is 10.2. The van der Waals surface area contributed by atoms with Crippen LogP contribution in [0.5, 0.6) is 0 Å². The predicted molar refractivity (Wildman–Crippen MR) is 115 cm³/mol. The van der Waals surface area contributed by atoms with Crippen LogP contribution in [0, 0.1) is 0 Å². The Labute approximate surface area is 168 Å². The third kappa shape index (κ3) is 8.22. The molecule has 1 fully saturated rings. The SMILES string of the molecule is CN=C(NCCCOC)NCc1ccnc(N2CCCCCC2)c1.I. The van der Waals surface area contributed by atoms with E-state index in [4.69, 9.17) is 4.74 Å². The maximum absolute atomic E-state index is 5.05. The first-order chi connectivity index (χ1) is 11.8. The number of aromatic nitrogens is 1. The number of hydrogen-bond acceptors (Lipinski definition) is 4. The van der Waals surface area contributed by atoms with E-state index in [0.717, 1.165) is 51.0 Å². The van der Waals surface area contributed by atoms with E-state index in [9.17, 15) is 0 Å². The molecule has 1 saturated heterocycles. The molecule has 2 heterocycles. The first-order valence-electron chi connectivity index (χ1n) is 8.97. The summed E-state index contributed by atoms with van der Waals surface area (Å²) in [6.07, 6.45) is 8.08. The van der Waals surface area contributed by atoms with E-state index in [-0.39, 0.29) is 24.0 Å². The van der Waals surface area contributed by atoms with Gasteiger partial charge in [-0.15, -0.1) is 24.0 Å². The van der Waals surface area contributed by atoms with Gasteiger partial charge in [0.05, 0.1) is 0 Å². The molecule has 1 aromatic heterocycles. The largest absolute Gasteiger partial charge is 0.385 e. The molecule has 6 nitrogen and oxygen atoms in total. The predicted octanol–water partition coefficient (Wildman–Crippen LogP) is 2.78. The van der Waals surface area contributed by atoms with Crippen LogP contribution in [0.15, 0.2) is 23.3 Å². The minimum Gasteiger partial charge on any atom is -0.385 e. The van der Waals surface area contributed by atoms with Gasteiger partial charge in [-0.2, -0.15) is 0 Å². The molecule has 7 heteroatoms. The lowest BCUT2D eigenvalue weighted by Crippen LogP contribution is -2.37. The average molecular weight is 461 g/mol. The van der Waals surface area contributed by atoms with Crippen molar-refractivity contribution in [1.29, 1.82) is 0 Å². The lowest BCUT2D eigenvalue weighted by Gasteiger charge is -2.22. The molecular formula is C18H32IN5O. The molecule has 1 aromatic rings. The van der Waals surface area contributed by atoms with E-state index < -0.39 is 0 Å². The number of aliphatic imine (C=N–C) groups is 1. The van der Waals surface area contributed by atoms with E-state index in [1.807, 2.05) is 6.20 Å². The van der Waals surface area contributed by atoms with Crippen LogP contribution in [-0.4, -0.2) is 51.3 Å². The molecule has 0 amide bonds. The van der Waals surface area contributed by atoms with Crippen LogP contribution < -0.4 is 15.5 Å². The highest BCUT2D eigenvalue weighted by atomic mass is 127. The van der Waals surface area contributed by atoms with Crippen LogP contribution in [0.1, 0.15) is 37.7 Å². The Morgan fingerprint density at radius 1 is 1.24 bits per heavy atom. The van der Waals surface area contributed by atoms with Gasteiger partial charge in [0.2, 0.25) is 0 Å². The molecule has 2 N–H and O–H groups in total. The van der Waals surface area contributed by atoms with Crippen molar-refractivity contribution in [2.24, 2.45) is 4.99 Å². The van der Waals surface area contributed by atoms with Gasteiger partial charge in [-0.3, -0.25) is 4.99 Å². The van der Waals surface area contributed by atoms with Crippen LogP contribution in [0.2, 0.25) is 0 Å². The van der Waals surface area contributed by atoms with Gasteiger partial charge < -0.3 is 20.3 Å². The molecular weight excluding hydrogens is 429 g/mol. The number of halogens is 1. The van der Waals surface area contributed by atoms with Crippen molar-refractivity contribution in [3.8, 4) is 0 Å². The lowest BCUT2D eigenvalue weighted by molar-refractivity contribution is 0.195. The fourth-order valence-electron chi connectivity index (χ4n) is 2.87. The monoisotopic (exact) mass is 461 g/mol. The molecule has 0 unspecified atom stereocenters. The molecule has 2 rings (SSSR count). The summed E-state index contributed by atoms with van der Waals surface area (Å²) in [5.41, 5.74) is 1.23. The fourth-order valence-corrected chi connectivity index (χ4v) is 2.87.